The lowest BCUT2D eigenvalue weighted by atomic mass is 9.95. The Balaban J connectivity index is 2.13. The van der Waals surface area contributed by atoms with Crippen molar-refractivity contribution in [3.8, 4) is 0 Å². The fourth-order valence-corrected chi connectivity index (χ4v) is 2.63. The van der Waals surface area contributed by atoms with Crippen molar-refractivity contribution in [2.45, 2.75) is 19.3 Å². The lowest BCUT2D eigenvalue weighted by Crippen LogP contribution is -2.29. The maximum Gasteiger partial charge on any atom is 0.292 e. The fourth-order valence-electron chi connectivity index (χ4n) is 2.63. The number of carbonyl (C=O) groups excluding carboxylic acids is 1. The van der Waals surface area contributed by atoms with Gasteiger partial charge in [-0.1, -0.05) is 18.6 Å². The molecule has 3 N–H and O–H groups in total. The van der Waals surface area contributed by atoms with Crippen molar-refractivity contribution in [1.29, 1.82) is 0 Å². The summed E-state index contributed by atoms with van der Waals surface area (Å²) in [6.45, 7) is 0.481. The first kappa shape index (κ1) is 13.5. The monoisotopic (exact) mass is 263 g/mol. The zero-order valence-electron chi connectivity index (χ0n) is 10.5. The molecule has 0 radical (unpaired) electrons. The molecule has 0 saturated heterocycles. The molecule has 1 aromatic rings. The highest BCUT2D eigenvalue weighted by Gasteiger charge is 2.32. The van der Waals surface area contributed by atoms with Crippen molar-refractivity contribution in [3.05, 3.63) is 34.4 Å². The first-order valence-electron chi connectivity index (χ1n) is 6.38. The second-order valence-corrected chi connectivity index (χ2v) is 4.80. The molecule has 1 aromatic carbocycles. The number of hydrogen-bond donors (Lipinski definition) is 2. The third-order valence-electron chi connectivity index (χ3n) is 3.66. The largest absolute Gasteiger partial charge is 0.330 e. The van der Waals surface area contributed by atoms with Crippen LogP contribution in [0.1, 0.15) is 19.3 Å². The topological polar surface area (TPSA) is 98.3 Å². The maximum atomic E-state index is 12.2. The van der Waals surface area contributed by atoms with Crippen molar-refractivity contribution in [3.63, 3.8) is 0 Å². The lowest BCUT2D eigenvalue weighted by molar-refractivity contribution is -0.383. The van der Waals surface area contributed by atoms with E-state index in [-0.39, 0.29) is 29.1 Å². The van der Waals surface area contributed by atoms with E-state index in [0.29, 0.717) is 6.54 Å². The summed E-state index contributed by atoms with van der Waals surface area (Å²) in [5, 5.41) is 13.5. The first-order valence-corrected chi connectivity index (χ1v) is 6.38. The second-order valence-electron chi connectivity index (χ2n) is 4.80. The number of nitrogens with one attached hydrogen (secondary N) is 1. The number of nitrogens with two attached hydrogens (primary N) is 1. The van der Waals surface area contributed by atoms with Crippen molar-refractivity contribution in [2.75, 3.05) is 11.9 Å². The van der Waals surface area contributed by atoms with E-state index < -0.39 is 4.92 Å². The Morgan fingerprint density at radius 1 is 1.42 bits per heavy atom. The molecular formula is C13H17N3O3. The molecule has 6 heteroatoms. The maximum absolute atomic E-state index is 12.2. The number of rotatable bonds is 4. The van der Waals surface area contributed by atoms with Gasteiger partial charge in [-0.05, 0) is 31.4 Å². The molecule has 0 aliphatic heterocycles. The molecular weight excluding hydrogens is 246 g/mol. The second kappa shape index (κ2) is 5.79. The fraction of sp³-hybridized carbons (Fsp3) is 0.462. The summed E-state index contributed by atoms with van der Waals surface area (Å²) in [6, 6.07) is 6.16. The number of amides is 1. The zero-order valence-corrected chi connectivity index (χ0v) is 10.5. The number of benzene rings is 1. The lowest BCUT2D eigenvalue weighted by Gasteiger charge is -2.17. The van der Waals surface area contributed by atoms with Gasteiger partial charge in [0.15, 0.2) is 0 Å². The summed E-state index contributed by atoms with van der Waals surface area (Å²) in [6.07, 6.45) is 2.73. The molecule has 2 rings (SSSR count). The predicted molar refractivity (Wildman–Crippen MR) is 71.6 cm³/mol. The van der Waals surface area contributed by atoms with Crippen molar-refractivity contribution in [2.24, 2.45) is 17.6 Å². The average molecular weight is 263 g/mol. The summed E-state index contributed by atoms with van der Waals surface area (Å²) in [7, 11) is 0. The summed E-state index contributed by atoms with van der Waals surface area (Å²) in [4.78, 5) is 22.6. The van der Waals surface area contributed by atoms with Crippen LogP contribution in [0.5, 0.6) is 0 Å². The van der Waals surface area contributed by atoms with Crippen molar-refractivity contribution in [1.82, 2.24) is 0 Å². The molecule has 0 bridgehead atoms. The van der Waals surface area contributed by atoms with E-state index in [9.17, 15) is 14.9 Å². The van der Waals surface area contributed by atoms with Crippen LogP contribution in [0.3, 0.4) is 0 Å². The van der Waals surface area contributed by atoms with Crippen LogP contribution >= 0.6 is 0 Å². The van der Waals surface area contributed by atoms with Crippen LogP contribution in [0.25, 0.3) is 0 Å². The van der Waals surface area contributed by atoms with E-state index in [1.807, 2.05) is 0 Å². The van der Waals surface area contributed by atoms with Gasteiger partial charge in [-0.3, -0.25) is 14.9 Å². The quantitative estimate of drug-likeness (QED) is 0.640. The van der Waals surface area contributed by atoms with Crippen LogP contribution in [0.4, 0.5) is 11.4 Å². The van der Waals surface area contributed by atoms with Crippen LogP contribution in [0.2, 0.25) is 0 Å². The van der Waals surface area contributed by atoms with Gasteiger partial charge in [0, 0.05) is 12.0 Å². The molecule has 1 fully saturated rings. The Kier molecular flexibility index (Phi) is 4.11. The van der Waals surface area contributed by atoms with Gasteiger partial charge in [-0.2, -0.15) is 0 Å². The third-order valence-corrected chi connectivity index (χ3v) is 3.66. The Morgan fingerprint density at radius 2 is 2.16 bits per heavy atom. The van der Waals surface area contributed by atoms with E-state index in [1.54, 1.807) is 18.2 Å². The molecule has 1 aliphatic carbocycles. The molecule has 1 saturated carbocycles. The summed E-state index contributed by atoms with van der Waals surface area (Å²) < 4.78 is 0. The predicted octanol–water partition coefficient (Wildman–Crippen LogP) is 1.91. The molecule has 1 aliphatic rings. The minimum Gasteiger partial charge on any atom is -0.330 e. The van der Waals surface area contributed by atoms with E-state index >= 15 is 0 Å². The van der Waals surface area contributed by atoms with Gasteiger partial charge < -0.3 is 11.1 Å². The SMILES string of the molecule is NCC1CCCC1C(=O)Nc1ccccc1[N+](=O)[O-]. The number of anilines is 1. The molecule has 6 nitrogen and oxygen atoms in total. The summed E-state index contributed by atoms with van der Waals surface area (Å²) in [5.41, 5.74) is 5.81. The first-order chi connectivity index (χ1) is 9.13. The van der Waals surface area contributed by atoms with Gasteiger partial charge in [0.25, 0.3) is 5.69 Å². The molecule has 0 spiro atoms. The molecule has 102 valence electrons. The van der Waals surface area contributed by atoms with Gasteiger partial charge >= 0.3 is 0 Å². The molecule has 1 amide bonds. The van der Waals surface area contributed by atoms with Crippen molar-refractivity contribution >= 4 is 17.3 Å². The third kappa shape index (κ3) is 2.90. The highest BCUT2D eigenvalue weighted by Crippen LogP contribution is 2.33. The summed E-state index contributed by atoms with van der Waals surface area (Å²) in [5.74, 6) is -0.116. The van der Waals surface area contributed by atoms with Gasteiger partial charge in [-0.25, -0.2) is 0 Å². The number of carbonyl (C=O) groups is 1. The van der Waals surface area contributed by atoms with Crippen molar-refractivity contribution < 1.29 is 9.72 Å². The number of hydrogen-bond acceptors (Lipinski definition) is 4. The van der Waals surface area contributed by atoms with Gasteiger partial charge in [0.2, 0.25) is 5.91 Å². The number of nitro groups is 1. The highest BCUT2D eigenvalue weighted by molar-refractivity contribution is 5.95. The van der Waals surface area contributed by atoms with Crippen LogP contribution in [-0.2, 0) is 4.79 Å². The van der Waals surface area contributed by atoms with E-state index in [0.717, 1.165) is 19.3 Å². The van der Waals surface area contributed by atoms with Crippen LogP contribution in [0.15, 0.2) is 24.3 Å². The Bertz CT molecular complexity index is 490. The number of para-hydroxylation sites is 2. The van der Waals surface area contributed by atoms with Crippen LogP contribution < -0.4 is 11.1 Å². The van der Waals surface area contributed by atoms with Gasteiger partial charge in [-0.15, -0.1) is 0 Å². The van der Waals surface area contributed by atoms with E-state index in [4.69, 9.17) is 5.73 Å². The van der Waals surface area contributed by atoms with Crippen LogP contribution in [-0.4, -0.2) is 17.4 Å². The van der Waals surface area contributed by atoms with Gasteiger partial charge in [0.05, 0.1) is 4.92 Å². The zero-order chi connectivity index (χ0) is 13.8. The smallest absolute Gasteiger partial charge is 0.292 e. The van der Waals surface area contributed by atoms with E-state index in [1.165, 1.54) is 6.07 Å². The van der Waals surface area contributed by atoms with Gasteiger partial charge in [0.1, 0.15) is 5.69 Å². The molecule has 19 heavy (non-hydrogen) atoms. The Hall–Kier alpha value is -1.95. The van der Waals surface area contributed by atoms with E-state index in [2.05, 4.69) is 5.32 Å². The highest BCUT2D eigenvalue weighted by atomic mass is 16.6. The Morgan fingerprint density at radius 3 is 2.84 bits per heavy atom. The molecule has 0 aromatic heterocycles. The summed E-state index contributed by atoms with van der Waals surface area (Å²) >= 11 is 0. The molecule has 2 unspecified atom stereocenters. The standard InChI is InChI=1S/C13H17N3O3/c14-8-9-4-3-5-10(9)13(17)15-11-6-1-2-7-12(11)16(18)19/h1-2,6-7,9-10H,3-5,8,14H2,(H,15,17). The molecule has 2 atom stereocenters. The van der Waals surface area contributed by atoms with Crippen LogP contribution in [0, 0.1) is 22.0 Å². The number of nitrogens with zero attached hydrogens (tertiary/aromatic N) is 1. The number of nitro benzene ring substituents is 1. The normalized spacial score (nSPS) is 22.2. The average Bonchev–Trinajstić information content (AvgIpc) is 2.87. The minimum atomic E-state index is -0.495. The molecule has 0 heterocycles. The Labute approximate surface area is 111 Å². The minimum absolute atomic E-state index is 0.0851.